The first-order valence-corrected chi connectivity index (χ1v) is 7.50. The number of ether oxygens (including phenoxy) is 1. The molecule has 0 saturated heterocycles. The molecule has 0 spiro atoms. The number of likely N-dealkylation sites (N-methyl/N-ethyl adjacent to an activating group) is 1. The Morgan fingerprint density at radius 1 is 1.35 bits per heavy atom. The molecule has 0 amide bonds. The largest absolute Gasteiger partial charge is 0.496 e. The van der Waals surface area contributed by atoms with E-state index in [9.17, 15) is 9.90 Å². The first-order valence-electron chi connectivity index (χ1n) is 7.50. The summed E-state index contributed by atoms with van der Waals surface area (Å²) in [5.41, 5.74) is 2.63. The number of aromatic nitrogens is 1. The van der Waals surface area contributed by atoms with Gasteiger partial charge in [0.05, 0.1) is 7.11 Å². The molecule has 5 heteroatoms. The summed E-state index contributed by atoms with van der Waals surface area (Å²) < 4.78 is 5.24. The van der Waals surface area contributed by atoms with Crippen LogP contribution in [0.3, 0.4) is 0 Å². The number of carboxylic acid groups (broad SMARTS) is 1. The van der Waals surface area contributed by atoms with Gasteiger partial charge in [0, 0.05) is 24.9 Å². The molecule has 1 aromatic carbocycles. The Morgan fingerprint density at radius 2 is 2.13 bits per heavy atom. The van der Waals surface area contributed by atoms with E-state index in [1.807, 2.05) is 55.3 Å². The number of carboxylic acids is 1. The Bertz CT molecular complexity index is 659. The van der Waals surface area contributed by atoms with Crippen LogP contribution in [0.15, 0.2) is 42.6 Å². The lowest BCUT2D eigenvalue weighted by Gasteiger charge is -2.25. The van der Waals surface area contributed by atoms with E-state index in [1.165, 1.54) is 0 Å². The fourth-order valence-corrected chi connectivity index (χ4v) is 2.62. The zero-order valence-electron chi connectivity index (χ0n) is 13.7. The van der Waals surface area contributed by atoms with Gasteiger partial charge < -0.3 is 9.84 Å². The van der Waals surface area contributed by atoms with Crippen molar-refractivity contribution in [2.24, 2.45) is 0 Å². The minimum atomic E-state index is -0.863. The summed E-state index contributed by atoms with van der Waals surface area (Å²) in [4.78, 5) is 17.8. The number of methoxy groups -OCH3 is 1. The van der Waals surface area contributed by atoms with Crippen LogP contribution in [0.4, 0.5) is 0 Å². The van der Waals surface area contributed by atoms with Crippen molar-refractivity contribution in [3.8, 4) is 5.75 Å². The van der Waals surface area contributed by atoms with Crippen LogP contribution in [0, 0.1) is 6.92 Å². The van der Waals surface area contributed by atoms with Gasteiger partial charge >= 0.3 is 5.97 Å². The van der Waals surface area contributed by atoms with Gasteiger partial charge in [-0.1, -0.05) is 18.2 Å². The minimum absolute atomic E-state index is 0.610. The fraction of sp³-hybridized carbons (Fsp3) is 0.333. The molecule has 2 rings (SSSR count). The Labute approximate surface area is 136 Å². The van der Waals surface area contributed by atoms with E-state index in [2.05, 4.69) is 4.98 Å². The zero-order valence-corrected chi connectivity index (χ0v) is 13.7. The molecule has 0 aliphatic heterocycles. The summed E-state index contributed by atoms with van der Waals surface area (Å²) in [6.07, 6.45) is 2.45. The number of aryl methyl sites for hydroxylation is 1. The number of carbonyl (C=O) groups is 1. The molecule has 1 heterocycles. The summed E-state index contributed by atoms with van der Waals surface area (Å²) in [6, 6.07) is 10.5. The molecule has 0 fully saturated rings. The van der Waals surface area contributed by atoms with Gasteiger partial charge in [-0.25, -0.2) is 0 Å². The highest BCUT2D eigenvalue weighted by Crippen LogP contribution is 2.26. The molecule has 0 unspecified atom stereocenters. The van der Waals surface area contributed by atoms with Crippen LogP contribution in [-0.2, 0) is 11.2 Å². The molecule has 0 saturated carbocycles. The van der Waals surface area contributed by atoms with Gasteiger partial charge in [-0.3, -0.25) is 14.7 Å². The van der Waals surface area contributed by atoms with Gasteiger partial charge in [-0.15, -0.1) is 0 Å². The highest BCUT2D eigenvalue weighted by atomic mass is 16.5. The topological polar surface area (TPSA) is 62.7 Å². The van der Waals surface area contributed by atoms with Crippen molar-refractivity contribution in [3.63, 3.8) is 0 Å². The Balaban J connectivity index is 2.14. The highest BCUT2D eigenvalue weighted by Gasteiger charge is 2.25. The number of pyridine rings is 1. The molecule has 5 nitrogen and oxygen atoms in total. The molecule has 122 valence electrons. The van der Waals surface area contributed by atoms with Gasteiger partial charge in [0.2, 0.25) is 0 Å². The van der Waals surface area contributed by atoms with Gasteiger partial charge in [0.15, 0.2) is 0 Å². The van der Waals surface area contributed by atoms with Crippen molar-refractivity contribution in [3.05, 3.63) is 59.4 Å². The number of rotatable bonds is 7. The summed E-state index contributed by atoms with van der Waals surface area (Å²) in [7, 11) is 3.43. The average molecular weight is 314 g/mol. The zero-order chi connectivity index (χ0) is 16.8. The fourth-order valence-electron chi connectivity index (χ4n) is 2.62. The molecule has 0 aliphatic carbocycles. The lowest BCUT2D eigenvalue weighted by Crippen LogP contribution is -2.32. The van der Waals surface area contributed by atoms with E-state index >= 15 is 0 Å². The molecule has 2 aromatic rings. The summed E-state index contributed by atoms with van der Waals surface area (Å²) in [5.74, 6) is -0.105. The van der Waals surface area contributed by atoms with Gasteiger partial charge in [-0.05, 0) is 43.3 Å². The standard InChI is InChI=1S/C18H22N2O3/c1-13-12-14(7-8-16(13)23-3)17(18(21)22)20(2)11-9-15-6-4-5-10-19-15/h4-8,10,12,17H,9,11H2,1-3H3,(H,21,22)/t17-/m0/s1. The molecule has 0 aliphatic rings. The molecule has 0 bridgehead atoms. The number of aliphatic carboxylic acids is 1. The van der Waals surface area contributed by atoms with E-state index in [4.69, 9.17) is 4.74 Å². The second kappa shape index (κ2) is 7.74. The summed E-state index contributed by atoms with van der Waals surface area (Å²) in [5, 5.41) is 9.62. The smallest absolute Gasteiger partial charge is 0.325 e. The molecular formula is C18H22N2O3. The van der Waals surface area contributed by atoms with Gasteiger partial charge in [0.25, 0.3) is 0 Å². The van der Waals surface area contributed by atoms with Crippen LogP contribution in [0.1, 0.15) is 22.9 Å². The van der Waals surface area contributed by atoms with Gasteiger partial charge in [-0.2, -0.15) is 0 Å². The van der Waals surface area contributed by atoms with Crippen LogP contribution in [0.2, 0.25) is 0 Å². The second-order valence-corrected chi connectivity index (χ2v) is 5.52. The van der Waals surface area contributed by atoms with Crippen LogP contribution in [0.5, 0.6) is 5.75 Å². The molecule has 1 atom stereocenters. The SMILES string of the molecule is COc1ccc([C@@H](C(=O)O)N(C)CCc2ccccn2)cc1C. The van der Waals surface area contributed by atoms with Crippen molar-refractivity contribution >= 4 is 5.97 Å². The Morgan fingerprint density at radius 3 is 2.70 bits per heavy atom. The predicted molar refractivity (Wildman–Crippen MR) is 88.7 cm³/mol. The first-order chi connectivity index (χ1) is 11.0. The van der Waals surface area contributed by atoms with Crippen LogP contribution in [0.25, 0.3) is 0 Å². The van der Waals surface area contributed by atoms with Crippen LogP contribution >= 0.6 is 0 Å². The van der Waals surface area contributed by atoms with Crippen molar-refractivity contribution in [1.82, 2.24) is 9.88 Å². The Kier molecular flexibility index (Phi) is 5.71. The molecular weight excluding hydrogens is 292 g/mol. The van der Waals surface area contributed by atoms with Crippen molar-refractivity contribution < 1.29 is 14.6 Å². The van der Waals surface area contributed by atoms with E-state index in [0.717, 1.165) is 22.6 Å². The molecule has 23 heavy (non-hydrogen) atoms. The van der Waals surface area contributed by atoms with E-state index in [0.29, 0.717) is 13.0 Å². The molecule has 1 aromatic heterocycles. The van der Waals surface area contributed by atoms with E-state index in [-0.39, 0.29) is 0 Å². The maximum absolute atomic E-state index is 11.7. The number of nitrogens with zero attached hydrogens (tertiary/aromatic N) is 2. The lowest BCUT2D eigenvalue weighted by atomic mass is 10.0. The van der Waals surface area contributed by atoms with Crippen molar-refractivity contribution in [2.75, 3.05) is 20.7 Å². The maximum atomic E-state index is 11.7. The van der Waals surface area contributed by atoms with Crippen LogP contribution < -0.4 is 4.74 Å². The third-order valence-corrected chi connectivity index (χ3v) is 3.86. The molecule has 0 radical (unpaired) electrons. The number of hydrogen-bond donors (Lipinski definition) is 1. The van der Waals surface area contributed by atoms with E-state index in [1.54, 1.807) is 13.3 Å². The van der Waals surface area contributed by atoms with Crippen molar-refractivity contribution in [1.29, 1.82) is 0 Å². The maximum Gasteiger partial charge on any atom is 0.325 e. The molecule has 1 N–H and O–H groups in total. The number of benzene rings is 1. The third kappa shape index (κ3) is 4.29. The first kappa shape index (κ1) is 17.0. The Hall–Kier alpha value is -2.40. The monoisotopic (exact) mass is 314 g/mol. The minimum Gasteiger partial charge on any atom is -0.496 e. The third-order valence-electron chi connectivity index (χ3n) is 3.86. The summed E-state index contributed by atoms with van der Waals surface area (Å²) >= 11 is 0. The lowest BCUT2D eigenvalue weighted by molar-refractivity contribution is -0.143. The number of hydrogen-bond acceptors (Lipinski definition) is 4. The van der Waals surface area contributed by atoms with Gasteiger partial charge in [0.1, 0.15) is 11.8 Å². The summed E-state index contributed by atoms with van der Waals surface area (Å²) in [6.45, 7) is 2.52. The quantitative estimate of drug-likeness (QED) is 0.851. The van der Waals surface area contributed by atoms with Crippen LogP contribution in [-0.4, -0.2) is 41.7 Å². The van der Waals surface area contributed by atoms with Crippen molar-refractivity contribution in [2.45, 2.75) is 19.4 Å². The van der Waals surface area contributed by atoms with E-state index < -0.39 is 12.0 Å². The normalized spacial score (nSPS) is 12.2. The average Bonchev–Trinajstić information content (AvgIpc) is 2.54. The predicted octanol–water partition coefficient (Wildman–Crippen LogP) is 2.70. The second-order valence-electron chi connectivity index (χ2n) is 5.52. The highest BCUT2D eigenvalue weighted by molar-refractivity contribution is 5.75.